The molecular weight excluding hydrogens is 284 g/mol. The van der Waals surface area contributed by atoms with Crippen molar-refractivity contribution in [1.82, 2.24) is 9.38 Å². The predicted molar refractivity (Wildman–Crippen MR) is 83.0 cm³/mol. The van der Waals surface area contributed by atoms with E-state index in [0.29, 0.717) is 5.56 Å². The molecule has 0 radical (unpaired) electrons. The molecule has 4 rings (SSSR count). The number of imidazole rings is 1. The maximum absolute atomic E-state index is 11.0. The molecule has 0 aliphatic carbocycles. The zero-order valence-corrected chi connectivity index (χ0v) is 11.7. The summed E-state index contributed by atoms with van der Waals surface area (Å²) in [4.78, 5) is 16.5. The predicted octanol–water partition coefficient (Wildman–Crippen LogP) is 3.91. The van der Waals surface area contributed by atoms with Crippen molar-refractivity contribution in [3.05, 3.63) is 60.3 Å². The number of thiazole rings is 1. The summed E-state index contributed by atoms with van der Waals surface area (Å²) in [6.45, 7) is 0. The normalized spacial score (nSPS) is 11.2. The largest absolute Gasteiger partial charge is 0.478 e. The molecule has 0 unspecified atom stereocenters. The van der Waals surface area contributed by atoms with Gasteiger partial charge in [0, 0.05) is 11.8 Å². The van der Waals surface area contributed by atoms with Crippen LogP contribution >= 0.6 is 11.3 Å². The Bertz CT molecular complexity index is 970. The van der Waals surface area contributed by atoms with Gasteiger partial charge < -0.3 is 5.11 Å². The smallest absolute Gasteiger partial charge is 0.335 e. The van der Waals surface area contributed by atoms with Gasteiger partial charge in [-0.15, -0.1) is 0 Å². The third kappa shape index (κ3) is 1.90. The van der Waals surface area contributed by atoms with E-state index >= 15 is 0 Å². The first-order valence-corrected chi connectivity index (χ1v) is 7.24. The molecule has 5 heteroatoms. The molecule has 0 atom stereocenters. The number of aromatic carboxylic acids is 1. The Balaban J connectivity index is 1.92. The fourth-order valence-electron chi connectivity index (χ4n) is 2.38. The van der Waals surface area contributed by atoms with Crippen molar-refractivity contribution in [3.63, 3.8) is 0 Å². The van der Waals surface area contributed by atoms with Gasteiger partial charge in [-0.3, -0.25) is 4.40 Å². The second-order valence-corrected chi connectivity index (χ2v) is 5.74. The molecule has 0 bridgehead atoms. The molecule has 0 spiro atoms. The van der Waals surface area contributed by atoms with E-state index in [0.717, 1.165) is 26.4 Å². The zero-order valence-electron chi connectivity index (χ0n) is 10.9. The number of hydrogen-bond donors (Lipinski definition) is 1. The molecule has 0 saturated carbocycles. The van der Waals surface area contributed by atoms with Crippen LogP contribution < -0.4 is 0 Å². The number of carboxylic acid groups (broad SMARTS) is 1. The summed E-state index contributed by atoms with van der Waals surface area (Å²) in [5.41, 5.74) is 3.28. The van der Waals surface area contributed by atoms with E-state index in [-0.39, 0.29) is 0 Å². The van der Waals surface area contributed by atoms with Gasteiger partial charge in [0.05, 0.1) is 21.5 Å². The van der Waals surface area contributed by atoms with Crippen molar-refractivity contribution in [2.24, 2.45) is 0 Å². The summed E-state index contributed by atoms with van der Waals surface area (Å²) in [7, 11) is 0. The summed E-state index contributed by atoms with van der Waals surface area (Å²) in [5, 5.41) is 9.04. The Morgan fingerprint density at radius 3 is 2.71 bits per heavy atom. The maximum atomic E-state index is 11.0. The van der Waals surface area contributed by atoms with Crippen LogP contribution in [-0.4, -0.2) is 20.5 Å². The van der Waals surface area contributed by atoms with E-state index in [1.807, 2.05) is 47.0 Å². The van der Waals surface area contributed by atoms with Crippen LogP contribution in [0.1, 0.15) is 10.4 Å². The Labute approximate surface area is 123 Å². The van der Waals surface area contributed by atoms with Gasteiger partial charge >= 0.3 is 5.97 Å². The molecule has 21 heavy (non-hydrogen) atoms. The van der Waals surface area contributed by atoms with Crippen LogP contribution in [-0.2, 0) is 0 Å². The van der Waals surface area contributed by atoms with Gasteiger partial charge in [-0.2, -0.15) is 0 Å². The van der Waals surface area contributed by atoms with E-state index in [4.69, 9.17) is 5.11 Å². The van der Waals surface area contributed by atoms with Crippen LogP contribution in [0.5, 0.6) is 0 Å². The quantitative estimate of drug-likeness (QED) is 0.609. The van der Waals surface area contributed by atoms with E-state index < -0.39 is 5.97 Å². The van der Waals surface area contributed by atoms with Crippen molar-refractivity contribution in [1.29, 1.82) is 0 Å². The third-order valence-electron chi connectivity index (χ3n) is 3.41. The molecule has 0 amide bonds. The summed E-state index contributed by atoms with van der Waals surface area (Å²) in [6.07, 6.45) is 1.99. The maximum Gasteiger partial charge on any atom is 0.335 e. The fraction of sp³-hybridized carbons (Fsp3) is 0. The summed E-state index contributed by atoms with van der Waals surface area (Å²) < 4.78 is 2.94. The second kappa shape index (κ2) is 4.43. The van der Waals surface area contributed by atoms with Gasteiger partial charge in [-0.1, -0.05) is 41.7 Å². The molecular formula is C16H10N2O2S. The number of rotatable bonds is 2. The first-order chi connectivity index (χ1) is 10.2. The molecule has 2 heterocycles. The van der Waals surface area contributed by atoms with Gasteiger partial charge in [-0.25, -0.2) is 9.78 Å². The number of fused-ring (bicyclic) bond motifs is 3. The third-order valence-corrected chi connectivity index (χ3v) is 4.43. The number of hydrogen-bond acceptors (Lipinski definition) is 3. The number of nitrogens with zero attached hydrogens (tertiary/aromatic N) is 2. The van der Waals surface area contributed by atoms with Gasteiger partial charge in [0.15, 0.2) is 4.96 Å². The van der Waals surface area contributed by atoms with Crippen molar-refractivity contribution in [2.45, 2.75) is 0 Å². The Morgan fingerprint density at radius 2 is 1.95 bits per heavy atom. The van der Waals surface area contributed by atoms with Gasteiger partial charge in [-0.05, 0) is 18.2 Å². The standard InChI is InChI=1S/C16H10N2O2S/c19-15(20)11-6-7-13-14(8-11)21-16-17-12(9-18(13)16)10-4-2-1-3-5-10/h1-9H,(H,19,20). The van der Waals surface area contributed by atoms with Gasteiger partial charge in [0.2, 0.25) is 0 Å². The number of benzene rings is 2. The molecule has 0 saturated heterocycles. The van der Waals surface area contributed by atoms with Crippen LogP contribution in [0.4, 0.5) is 0 Å². The monoisotopic (exact) mass is 294 g/mol. The first kappa shape index (κ1) is 12.1. The molecule has 4 nitrogen and oxygen atoms in total. The van der Waals surface area contributed by atoms with Gasteiger partial charge in [0.25, 0.3) is 0 Å². The van der Waals surface area contributed by atoms with E-state index in [1.165, 1.54) is 11.3 Å². The minimum atomic E-state index is -0.909. The lowest BCUT2D eigenvalue weighted by Gasteiger charge is -1.96. The van der Waals surface area contributed by atoms with Gasteiger partial charge in [0.1, 0.15) is 0 Å². The average Bonchev–Trinajstić information content (AvgIpc) is 3.04. The van der Waals surface area contributed by atoms with Crippen molar-refractivity contribution in [3.8, 4) is 11.3 Å². The topological polar surface area (TPSA) is 54.6 Å². The Morgan fingerprint density at radius 1 is 1.14 bits per heavy atom. The number of carbonyl (C=O) groups is 1. The van der Waals surface area contributed by atoms with E-state index in [1.54, 1.807) is 12.1 Å². The SMILES string of the molecule is O=C(O)c1ccc2c(c1)sc1nc(-c3ccccc3)cn12. The lowest BCUT2D eigenvalue weighted by molar-refractivity contribution is 0.0697. The highest BCUT2D eigenvalue weighted by molar-refractivity contribution is 7.23. The van der Waals surface area contributed by atoms with Crippen LogP contribution in [0.25, 0.3) is 26.4 Å². The summed E-state index contributed by atoms with van der Waals surface area (Å²) >= 11 is 1.50. The van der Waals surface area contributed by atoms with E-state index in [9.17, 15) is 4.79 Å². The highest BCUT2D eigenvalue weighted by atomic mass is 32.1. The minimum Gasteiger partial charge on any atom is -0.478 e. The molecule has 2 aromatic carbocycles. The van der Waals surface area contributed by atoms with Crippen molar-refractivity contribution >= 4 is 32.5 Å². The van der Waals surface area contributed by atoms with Crippen molar-refractivity contribution < 1.29 is 9.90 Å². The van der Waals surface area contributed by atoms with Crippen LogP contribution in [0.3, 0.4) is 0 Å². The summed E-state index contributed by atoms with van der Waals surface area (Å²) in [6, 6.07) is 15.1. The zero-order chi connectivity index (χ0) is 14.4. The Hall–Kier alpha value is -2.66. The number of carboxylic acids is 1. The van der Waals surface area contributed by atoms with Crippen LogP contribution in [0.15, 0.2) is 54.7 Å². The second-order valence-electron chi connectivity index (χ2n) is 4.73. The molecule has 4 aromatic rings. The molecule has 0 fully saturated rings. The number of aromatic nitrogens is 2. The molecule has 0 aliphatic rings. The molecule has 102 valence electrons. The molecule has 0 aliphatic heterocycles. The summed E-state index contributed by atoms with van der Waals surface area (Å²) in [5.74, 6) is -0.909. The fourth-order valence-corrected chi connectivity index (χ4v) is 3.43. The van der Waals surface area contributed by atoms with Crippen molar-refractivity contribution in [2.75, 3.05) is 0 Å². The average molecular weight is 294 g/mol. The minimum absolute atomic E-state index is 0.301. The highest BCUT2D eigenvalue weighted by Crippen LogP contribution is 2.30. The first-order valence-electron chi connectivity index (χ1n) is 6.43. The van der Waals surface area contributed by atoms with E-state index in [2.05, 4.69) is 4.98 Å². The Kier molecular flexibility index (Phi) is 2.55. The van der Waals surface area contributed by atoms with Crippen LogP contribution in [0.2, 0.25) is 0 Å². The molecule has 1 N–H and O–H groups in total. The van der Waals surface area contributed by atoms with Crippen LogP contribution in [0, 0.1) is 0 Å². The molecule has 2 aromatic heterocycles. The highest BCUT2D eigenvalue weighted by Gasteiger charge is 2.12. The lowest BCUT2D eigenvalue weighted by Crippen LogP contribution is -1.94. The lowest BCUT2D eigenvalue weighted by atomic mass is 10.2.